The minimum Gasteiger partial charge on any atom is -0.412 e. The van der Waals surface area contributed by atoms with Gasteiger partial charge in [0.25, 0.3) is 0 Å². The van der Waals surface area contributed by atoms with Gasteiger partial charge in [-0.1, -0.05) is 24.3 Å². The highest BCUT2D eigenvalue weighted by atomic mass is 35.5. The number of aryl methyl sites for hydroxylation is 2. The molecule has 3 rings (SSSR count). The van der Waals surface area contributed by atoms with Crippen molar-refractivity contribution in [2.75, 3.05) is 0 Å². The first-order chi connectivity index (χ1) is 7.74. The fourth-order valence-electron chi connectivity index (χ4n) is 1.96. The Balaban J connectivity index is 0.000000810. The zero-order chi connectivity index (χ0) is 11.1. The van der Waals surface area contributed by atoms with Crippen molar-refractivity contribution in [3.05, 3.63) is 47.8 Å². The molecule has 0 unspecified atom stereocenters. The van der Waals surface area contributed by atoms with Gasteiger partial charge in [0.05, 0.1) is 11.0 Å². The predicted molar refractivity (Wildman–Crippen MR) is 77.4 cm³/mol. The van der Waals surface area contributed by atoms with Crippen molar-refractivity contribution >= 4 is 34.2 Å². The molecule has 2 aromatic heterocycles. The molecule has 4 heteroatoms. The predicted octanol–water partition coefficient (Wildman–Crippen LogP) is 3.00. The molecule has 0 aliphatic carbocycles. The SMILES string of the molecule is Cc1ccc2ccc3ccc(C)nc3c2n1.Cl.O. The summed E-state index contributed by atoms with van der Waals surface area (Å²) in [6.45, 7) is 4.02. The second kappa shape index (κ2) is 5.29. The minimum absolute atomic E-state index is 0. The largest absolute Gasteiger partial charge is 0.412 e. The van der Waals surface area contributed by atoms with Crippen molar-refractivity contribution in [1.82, 2.24) is 9.97 Å². The Bertz CT molecular complexity index is 637. The quantitative estimate of drug-likeness (QED) is 0.585. The molecule has 2 N–H and O–H groups in total. The van der Waals surface area contributed by atoms with Crippen molar-refractivity contribution < 1.29 is 5.48 Å². The fourth-order valence-corrected chi connectivity index (χ4v) is 1.96. The highest BCUT2D eigenvalue weighted by molar-refractivity contribution is 6.02. The lowest BCUT2D eigenvalue weighted by atomic mass is 10.1. The van der Waals surface area contributed by atoms with Gasteiger partial charge in [-0.25, -0.2) is 0 Å². The molecule has 0 spiro atoms. The zero-order valence-electron chi connectivity index (χ0n) is 10.3. The smallest absolute Gasteiger partial charge is 0.0967 e. The van der Waals surface area contributed by atoms with Crippen LogP contribution in [0.25, 0.3) is 21.8 Å². The molecule has 0 aliphatic rings. The highest BCUT2D eigenvalue weighted by Crippen LogP contribution is 2.22. The van der Waals surface area contributed by atoms with Gasteiger partial charge < -0.3 is 5.48 Å². The van der Waals surface area contributed by atoms with Crippen LogP contribution in [0.2, 0.25) is 0 Å². The van der Waals surface area contributed by atoms with Crippen LogP contribution in [-0.4, -0.2) is 15.4 Å². The summed E-state index contributed by atoms with van der Waals surface area (Å²) in [4.78, 5) is 9.16. The summed E-state index contributed by atoms with van der Waals surface area (Å²) in [7, 11) is 0. The maximum absolute atomic E-state index is 4.58. The van der Waals surface area contributed by atoms with Gasteiger partial charge in [-0.2, -0.15) is 0 Å². The number of hydrogen-bond donors (Lipinski definition) is 0. The van der Waals surface area contributed by atoms with Crippen molar-refractivity contribution in [2.24, 2.45) is 0 Å². The Hall–Kier alpha value is -1.71. The zero-order valence-corrected chi connectivity index (χ0v) is 11.1. The van der Waals surface area contributed by atoms with Crippen LogP contribution in [0.3, 0.4) is 0 Å². The van der Waals surface area contributed by atoms with E-state index in [1.165, 1.54) is 0 Å². The van der Waals surface area contributed by atoms with Crippen molar-refractivity contribution in [3.63, 3.8) is 0 Å². The normalized spacial score (nSPS) is 9.89. The summed E-state index contributed by atoms with van der Waals surface area (Å²) in [5, 5.41) is 2.30. The van der Waals surface area contributed by atoms with Crippen molar-refractivity contribution in [2.45, 2.75) is 13.8 Å². The van der Waals surface area contributed by atoms with Gasteiger partial charge in [-0.3, -0.25) is 9.97 Å². The molecule has 0 aliphatic heterocycles. The summed E-state index contributed by atoms with van der Waals surface area (Å²) in [6, 6.07) is 12.5. The van der Waals surface area contributed by atoms with Crippen molar-refractivity contribution in [1.29, 1.82) is 0 Å². The summed E-state index contributed by atoms with van der Waals surface area (Å²) >= 11 is 0. The number of hydrogen-bond acceptors (Lipinski definition) is 2. The van der Waals surface area contributed by atoms with E-state index in [1.807, 2.05) is 26.0 Å². The molecular formula is C14H15ClN2O. The Morgan fingerprint density at radius 1 is 0.667 bits per heavy atom. The maximum atomic E-state index is 4.58. The van der Waals surface area contributed by atoms with Gasteiger partial charge >= 0.3 is 0 Å². The van der Waals surface area contributed by atoms with Gasteiger partial charge in [-0.15, -0.1) is 12.4 Å². The van der Waals surface area contributed by atoms with Crippen LogP contribution in [0.5, 0.6) is 0 Å². The molecule has 0 atom stereocenters. The van der Waals surface area contributed by atoms with Crippen LogP contribution in [0, 0.1) is 13.8 Å². The number of benzene rings is 1. The third kappa shape index (κ3) is 2.28. The van der Waals surface area contributed by atoms with E-state index in [2.05, 4.69) is 34.2 Å². The topological polar surface area (TPSA) is 57.3 Å². The van der Waals surface area contributed by atoms with E-state index >= 15 is 0 Å². The van der Waals surface area contributed by atoms with E-state index < -0.39 is 0 Å². The molecule has 3 aromatic rings. The van der Waals surface area contributed by atoms with Gasteiger partial charge in [0.15, 0.2) is 0 Å². The molecule has 3 nitrogen and oxygen atoms in total. The number of nitrogens with zero attached hydrogens (tertiary/aromatic N) is 2. The molecule has 1 aromatic carbocycles. The monoisotopic (exact) mass is 262 g/mol. The van der Waals surface area contributed by atoms with Gasteiger partial charge in [0.2, 0.25) is 0 Å². The lowest BCUT2D eigenvalue weighted by Gasteiger charge is -2.04. The molecule has 2 heterocycles. The summed E-state index contributed by atoms with van der Waals surface area (Å²) in [6.07, 6.45) is 0. The molecule has 94 valence electrons. The third-order valence-corrected chi connectivity index (χ3v) is 2.80. The van der Waals surface area contributed by atoms with Crippen LogP contribution < -0.4 is 0 Å². The van der Waals surface area contributed by atoms with E-state index in [1.54, 1.807) is 0 Å². The van der Waals surface area contributed by atoms with Crippen LogP contribution >= 0.6 is 12.4 Å². The van der Waals surface area contributed by atoms with E-state index in [0.29, 0.717) is 0 Å². The number of fused-ring (bicyclic) bond motifs is 3. The minimum atomic E-state index is 0. The average Bonchev–Trinajstić information content (AvgIpc) is 2.29. The third-order valence-electron chi connectivity index (χ3n) is 2.80. The Labute approximate surface area is 112 Å². The Morgan fingerprint density at radius 3 is 1.39 bits per heavy atom. The molecular weight excluding hydrogens is 248 g/mol. The maximum Gasteiger partial charge on any atom is 0.0967 e. The van der Waals surface area contributed by atoms with Gasteiger partial charge in [0.1, 0.15) is 0 Å². The summed E-state index contributed by atoms with van der Waals surface area (Å²) < 4.78 is 0. The summed E-state index contributed by atoms with van der Waals surface area (Å²) in [5.74, 6) is 0. The van der Waals surface area contributed by atoms with Crippen LogP contribution in [0.4, 0.5) is 0 Å². The Morgan fingerprint density at radius 2 is 1.00 bits per heavy atom. The first-order valence-corrected chi connectivity index (χ1v) is 5.38. The summed E-state index contributed by atoms with van der Waals surface area (Å²) in [5.41, 5.74) is 4.06. The molecule has 0 radical (unpaired) electrons. The standard InChI is InChI=1S/C14H12N2.ClH.H2O/c1-9-3-5-11-7-8-12-6-4-10(2)16-14(12)13(11)15-9;;/h3-8H,1-2H3;1H;1H2. The number of pyridine rings is 2. The molecule has 0 bridgehead atoms. The lowest BCUT2D eigenvalue weighted by molar-refractivity contribution is 0.824. The molecule has 0 saturated carbocycles. The van der Waals surface area contributed by atoms with Crippen LogP contribution in [0.1, 0.15) is 11.4 Å². The van der Waals surface area contributed by atoms with E-state index in [4.69, 9.17) is 0 Å². The van der Waals surface area contributed by atoms with E-state index in [0.717, 1.165) is 33.2 Å². The lowest BCUT2D eigenvalue weighted by Crippen LogP contribution is -1.89. The number of aromatic nitrogens is 2. The molecule has 0 amide bonds. The first kappa shape index (κ1) is 14.4. The first-order valence-electron chi connectivity index (χ1n) is 5.38. The highest BCUT2D eigenvalue weighted by Gasteiger charge is 2.03. The van der Waals surface area contributed by atoms with E-state index in [9.17, 15) is 0 Å². The van der Waals surface area contributed by atoms with Gasteiger partial charge in [-0.05, 0) is 26.0 Å². The molecule has 0 saturated heterocycles. The van der Waals surface area contributed by atoms with Crippen LogP contribution in [-0.2, 0) is 0 Å². The number of halogens is 1. The molecule has 0 fully saturated rings. The fraction of sp³-hybridized carbons (Fsp3) is 0.143. The second-order valence-electron chi connectivity index (χ2n) is 4.11. The van der Waals surface area contributed by atoms with Gasteiger partial charge in [0, 0.05) is 22.2 Å². The second-order valence-corrected chi connectivity index (χ2v) is 4.11. The van der Waals surface area contributed by atoms with E-state index in [-0.39, 0.29) is 17.9 Å². The number of rotatable bonds is 0. The average molecular weight is 263 g/mol. The molecule has 18 heavy (non-hydrogen) atoms. The van der Waals surface area contributed by atoms with Crippen LogP contribution in [0.15, 0.2) is 36.4 Å². The van der Waals surface area contributed by atoms with Crippen molar-refractivity contribution in [3.8, 4) is 0 Å². The Kier molecular flexibility index (Phi) is 4.22.